The van der Waals surface area contributed by atoms with Crippen LogP contribution in [0.5, 0.6) is 0 Å². The Morgan fingerprint density at radius 1 is 0.727 bits per heavy atom. The number of rotatable bonds is 2. The van der Waals surface area contributed by atoms with E-state index >= 15 is 0 Å². The van der Waals surface area contributed by atoms with Crippen molar-refractivity contribution >= 4 is 38.0 Å². The van der Waals surface area contributed by atoms with Gasteiger partial charge in [-0.3, -0.25) is 10.3 Å². The Kier molecular flexibility index (Phi) is 2.78. The molecule has 0 fully saturated rings. The van der Waals surface area contributed by atoms with E-state index in [-0.39, 0.29) is 5.60 Å². The summed E-state index contributed by atoms with van der Waals surface area (Å²) in [6.07, 6.45) is 0. The van der Waals surface area contributed by atoms with E-state index in [1.807, 2.05) is 20.8 Å². The normalized spacial score (nSPS) is 12.5. The van der Waals surface area contributed by atoms with Gasteiger partial charge in [0.15, 0.2) is 0 Å². The van der Waals surface area contributed by atoms with Crippen LogP contribution in [-0.4, -0.2) is 5.60 Å². The average Bonchev–Trinajstić information content (AvgIpc) is 2.50. The van der Waals surface area contributed by atoms with Gasteiger partial charge < -0.3 is 0 Å². The molecule has 0 heterocycles. The molecule has 4 rings (SSSR count). The van der Waals surface area contributed by atoms with Crippen molar-refractivity contribution in [2.75, 3.05) is 5.48 Å². The molecule has 0 amide bonds. The molecule has 0 aliphatic rings. The van der Waals surface area contributed by atoms with Crippen LogP contribution < -0.4 is 5.48 Å². The minimum Gasteiger partial charge on any atom is -0.270 e. The van der Waals surface area contributed by atoms with Crippen molar-refractivity contribution in [1.82, 2.24) is 0 Å². The summed E-state index contributed by atoms with van der Waals surface area (Å²) < 4.78 is 0. The van der Waals surface area contributed by atoms with Gasteiger partial charge in [0, 0.05) is 5.39 Å². The summed E-state index contributed by atoms with van der Waals surface area (Å²) in [5, 5.41) is 7.66. The molecule has 0 atom stereocenters. The molecule has 2 heteroatoms. The highest BCUT2D eigenvalue weighted by molar-refractivity contribution is 6.25. The Balaban J connectivity index is 2.00. The van der Waals surface area contributed by atoms with Gasteiger partial charge in [-0.05, 0) is 53.8 Å². The first-order valence-corrected chi connectivity index (χ1v) is 7.63. The SMILES string of the molecule is CC(C)(C)ONc1ccc2ccc3cccc4ccc1c2c34. The van der Waals surface area contributed by atoms with Crippen LogP contribution in [0.2, 0.25) is 0 Å². The van der Waals surface area contributed by atoms with Crippen LogP contribution >= 0.6 is 0 Å². The lowest BCUT2D eigenvalue weighted by molar-refractivity contribution is 0.0378. The highest BCUT2D eigenvalue weighted by atomic mass is 16.7. The number of hydrogen-bond donors (Lipinski definition) is 1. The topological polar surface area (TPSA) is 21.3 Å². The second kappa shape index (κ2) is 4.59. The van der Waals surface area contributed by atoms with Gasteiger partial charge >= 0.3 is 0 Å². The van der Waals surface area contributed by atoms with E-state index in [4.69, 9.17) is 4.84 Å². The predicted molar refractivity (Wildman–Crippen MR) is 94.6 cm³/mol. The Morgan fingerprint density at radius 2 is 1.32 bits per heavy atom. The highest BCUT2D eigenvalue weighted by Gasteiger charge is 2.14. The zero-order chi connectivity index (χ0) is 15.3. The molecule has 2 nitrogen and oxygen atoms in total. The third-order valence-corrected chi connectivity index (χ3v) is 4.00. The molecular formula is C20H19NO. The van der Waals surface area contributed by atoms with Crippen LogP contribution in [0, 0.1) is 0 Å². The lowest BCUT2D eigenvalue weighted by atomic mass is 9.94. The van der Waals surface area contributed by atoms with Crippen LogP contribution in [-0.2, 0) is 4.84 Å². The Bertz CT molecular complexity index is 950. The number of hydrogen-bond acceptors (Lipinski definition) is 2. The van der Waals surface area contributed by atoms with Crippen LogP contribution in [0.1, 0.15) is 20.8 Å². The molecule has 0 saturated heterocycles. The lowest BCUT2D eigenvalue weighted by Crippen LogP contribution is -2.22. The Hall–Kier alpha value is -2.32. The molecule has 22 heavy (non-hydrogen) atoms. The quantitative estimate of drug-likeness (QED) is 0.376. The maximum absolute atomic E-state index is 5.76. The van der Waals surface area contributed by atoms with Crippen LogP contribution in [0.25, 0.3) is 32.3 Å². The number of anilines is 1. The third kappa shape index (κ3) is 2.08. The van der Waals surface area contributed by atoms with Gasteiger partial charge in [-0.2, -0.15) is 0 Å². The molecule has 4 aromatic carbocycles. The highest BCUT2D eigenvalue weighted by Crippen LogP contribution is 2.37. The first kappa shape index (κ1) is 13.4. The maximum atomic E-state index is 5.76. The van der Waals surface area contributed by atoms with E-state index < -0.39 is 0 Å². The molecule has 0 aromatic heterocycles. The molecule has 0 bridgehead atoms. The average molecular weight is 289 g/mol. The fraction of sp³-hybridized carbons (Fsp3) is 0.200. The van der Waals surface area contributed by atoms with Gasteiger partial charge in [-0.1, -0.05) is 48.5 Å². The largest absolute Gasteiger partial charge is 0.270 e. The van der Waals surface area contributed by atoms with Crippen LogP contribution in [0.3, 0.4) is 0 Å². The summed E-state index contributed by atoms with van der Waals surface area (Å²) in [6.45, 7) is 6.11. The first-order valence-electron chi connectivity index (χ1n) is 7.63. The molecule has 0 aliphatic heterocycles. The Labute approximate surface area is 130 Å². The molecule has 4 aromatic rings. The van der Waals surface area contributed by atoms with Crippen molar-refractivity contribution in [3.05, 3.63) is 54.6 Å². The Morgan fingerprint density at radius 3 is 2.00 bits per heavy atom. The second-order valence-corrected chi connectivity index (χ2v) is 6.79. The monoisotopic (exact) mass is 289 g/mol. The van der Waals surface area contributed by atoms with Gasteiger partial charge in [0.1, 0.15) is 0 Å². The van der Waals surface area contributed by atoms with Crippen molar-refractivity contribution < 1.29 is 4.84 Å². The van der Waals surface area contributed by atoms with Crippen molar-refractivity contribution in [3.8, 4) is 0 Å². The van der Waals surface area contributed by atoms with Crippen LogP contribution in [0.15, 0.2) is 54.6 Å². The number of nitrogens with one attached hydrogen (secondary N) is 1. The molecular weight excluding hydrogens is 270 g/mol. The van der Waals surface area contributed by atoms with E-state index in [2.05, 4.69) is 60.1 Å². The predicted octanol–water partition coefficient (Wildman–Crippen LogP) is 5.73. The molecule has 0 saturated carbocycles. The van der Waals surface area contributed by atoms with Crippen LogP contribution in [0.4, 0.5) is 5.69 Å². The minimum absolute atomic E-state index is 0.232. The lowest BCUT2D eigenvalue weighted by Gasteiger charge is -2.21. The van der Waals surface area contributed by atoms with Gasteiger partial charge in [0.05, 0.1) is 11.3 Å². The second-order valence-electron chi connectivity index (χ2n) is 6.79. The van der Waals surface area contributed by atoms with Gasteiger partial charge in [-0.25, -0.2) is 0 Å². The zero-order valence-corrected chi connectivity index (χ0v) is 13.1. The summed E-state index contributed by atoms with van der Waals surface area (Å²) in [7, 11) is 0. The maximum Gasteiger partial charge on any atom is 0.0876 e. The fourth-order valence-corrected chi connectivity index (χ4v) is 3.03. The fourth-order valence-electron chi connectivity index (χ4n) is 3.03. The third-order valence-electron chi connectivity index (χ3n) is 4.00. The van der Waals surface area contributed by atoms with E-state index in [9.17, 15) is 0 Å². The van der Waals surface area contributed by atoms with Gasteiger partial charge in [-0.15, -0.1) is 0 Å². The molecule has 0 unspecified atom stereocenters. The molecule has 110 valence electrons. The standard InChI is InChI=1S/C20H19NO/c1-20(2,3)22-21-17-12-10-15-8-7-13-5-4-6-14-9-11-16(17)19(15)18(13)14/h4-12,21H,1-3H3. The zero-order valence-electron chi connectivity index (χ0n) is 13.1. The summed E-state index contributed by atoms with van der Waals surface area (Å²) >= 11 is 0. The van der Waals surface area contributed by atoms with Gasteiger partial charge in [0.25, 0.3) is 0 Å². The molecule has 1 N–H and O–H groups in total. The van der Waals surface area contributed by atoms with Crippen molar-refractivity contribution in [3.63, 3.8) is 0 Å². The summed E-state index contributed by atoms with van der Waals surface area (Å²) in [4.78, 5) is 5.76. The number of benzene rings is 4. The van der Waals surface area contributed by atoms with E-state index in [1.165, 1.54) is 32.3 Å². The van der Waals surface area contributed by atoms with Crippen molar-refractivity contribution in [1.29, 1.82) is 0 Å². The van der Waals surface area contributed by atoms with Crippen molar-refractivity contribution in [2.24, 2.45) is 0 Å². The molecule has 0 radical (unpaired) electrons. The van der Waals surface area contributed by atoms with E-state index in [0.29, 0.717) is 0 Å². The smallest absolute Gasteiger partial charge is 0.0876 e. The van der Waals surface area contributed by atoms with E-state index in [0.717, 1.165) is 5.69 Å². The van der Waals surface area contributed by atoms with Gasteiger partial charge in [0.2, 0.25) is 0 Å². The molecule has 0 aliphatic carbocycles. The summed E-state index contributed by atoms with van der Waals surface area (Å²) in [5.41, 5.74) is 3.92. The molecule has 0 spiro atoms. The van der Waals surface area contributed by atoms with Crippen molar-refractivity contribution in [2.45, 2.75) is 26.4 Å². The van der Waals surface area contributed by atoms with E-state index in [1.54, 1.807) is 0 Å². The minimum atomic E-state index is -0.232. The first-order chi connectivity index (χ1) is 10.5. The summed E-state index contributed by atoms with van der Waals surface area (Å²) in [6, 6.07) is 19.5. The summed E-state index contributed by atoms with van der Waals surface area (Å²) in [5.74, 6) is 0.